The molecule has 2 aromatic carbocycles. The van der Waals surface area contributed by atoms with Gasteiger partial charge in [0.15, 0.2) is 0 Å². The van der Waals surface area contributed by atoms with Gasteiger partial charge in [0, 0.05) is 33.2 Å². The molecule has 2 aliphatic carbocycles. The van der Waals surface area contributed by atoms with Crippen molar-refractivity contribution in [3.8, 4) is 0 Å². The number of nitrogens with zero attached hydrogens (tertiary/aromatic N) is 1. The molecule has 3 aliphatic rings. The highest BCUT2D eigenvalue weighted by molar-refractivity contribution is 5.82. The van der Waals surface area contributed by atoms with Gasteiger partial charge in [0.25, 0.3) is 0 Å². The monoisotopic (exact) mass is 392 g/mol. The van der Waals surface area contributed by atoms with Gasteiger partial charge in [-0.2, -0.15) is 0 Å². The summed E-state index contributed by atoms with van der Waals surface area (Å²) in [6.45, 7) is 5.79. The van der Waals surface area contributed by atoms with Gasteiger partial charge >= 0.3 is 0 Å². The molecule has 0 unspecified atom stereocenters. The van der Waals surface area contributed by atoms with Crippen LogP contribution in [-0.2, 0) is 16.1 Å². The van der Waals surface area contributed by atoms with Crippen molar-refractivity contribution in [3.63, 3.8) is 0 Å². The van der Waals surface area contributed by atoms with E-state index in [1.165, 1.54) is 29.2 Å². The maximum absolute atomic E-state index is 11.7. The molecule has 1 amide bonds. The highest BCUT2D eigenvalue weighted by Crippen LogP contribution is 2.39. The van der Waals surface area contributed by atoms with Crippen molar-refractivity contribution >= 4 is 16.7 Å². The standard InChI is InChI=1S/C25H32N2O2/c1-17(28)26-24-11-22-14-27(15-23(22)12-25(24)29-16-18-6-7-18)13-19-8-9-20-4-2-3-5-21(20)10-19/h2-5,8-10,18,22-25H,6-7,11-16H2,1H3,(H,26,28)/t22-,23+,24-,25-/m1/s1. The third kappa shape index (κ3) is 4.49. The average molecular weight is 393 g/mol. The molecule has 4 atom stereocenters. The van der Waals surface area contributed by atoms with Gasteiger partial charge in [-0.05, 0) is 65.8 Å². The van der Waals surface area contributed by atoms with E-state index in [0.717, 1.165) is 45.0 Å². The lowest BCUT2D eigenvalue weighted by Crippen LogP contribution is -2.50. The van der Waals surface area contributed by atoms with Crippen molar-refractivity contribution < 1.29 is 9.53 Å². The highest BCUT2D eigenvalue weighted by Gasteiger charge is 2.43. The molecule has 0 radical (unpaired) electrons. The van der Waals surface area contributed by atoms with Gasteiger partial charge in [0.2, 0.25) is 5.91 Å². The van der Waals surface area contributed by atoms with E-state index in [1.807, 2.05) is 0 Å². The first-order valence-electron chi connectivity index (χ1n) is 11.2. The van der Waals surface area contributed by atoms with Crippen molar-refractivity contribution in [2.75, 3.05) is 19.7 Å². The number of amides is 1. The summed E-state index contributed by atoms with van der Waals surface area (Å²) in [4.78, 5) is 14.3. The number of hydrogen-bond acceptors (Lipinski definition) is 3. The summed E-state index contributed by atoms with van der Waals surface area (Å²) in [7, 11) is 0. The van der Waals surface area contributed by atoms with Crippen molar-refractivity contribution in [1.29, 1.82) is 0 Å². The number of fused-ring (bicyclic) bond motifs is 2. The van der Waals surface area contributed by atoms with Crippen molar-refractivity contribution in [3.05, 3.63) is 48.0 Å². The fourth-order valence-electron chi connectivity index (χ4n) is 5.38. The van der Waals surface area contributed by atoms with Gasteiger partial charge in [0.1, 0.15) is 0 Å². The Bertz CT molecular complexity index is 878. The van der Waals surface area contributed by atoms with Gasteiger partial charge in [-0.15, -0.1) is 0 Å². The van der Waals surface area contributed by atoms with Crippen LogP contribution in [-0.4, -0.2) is 42.6 Å². The van der Waals surface area contributed by atoms with Gasteiger partial charge in [-0.25, -0.2) is 0 Å². The zero-order valence-corrected chi connectivity index (χ0v) is 17.3. The lowest BCUT2D eigenvalue weighted by atomic mass is 9.77. The molecule has 1 aliphatic heterocycles. The van der Waals surface area contributed by atoms with E-state index in [4.69, 9.17) is 4.74 Å². The van der Waals surface area contributed by atoms with E-state index in [9.17, 15) is 4.79 Å². The summed E-state index contributed by atoms with van der Waals surface area (Å²) in [5.74, 6) is 2.18. The molecular formula is C25H32N2O2. The largest absolute Gasteiger partial charge is 0.376 e. The van der Waals surface area contributed by atoms with Crippen LogP contribution in [0.2, 0.25) is 0 Å². The topological polar surface area (TPSA) is 41.6 Å². The molecule has 1 N–H and O–H groups in total. The molecule has 2 saturated carbocycles. The fraction of sp³-hybridized carbons (Fsp3) is 0.560. The van der Waals surface area contributed by atoms with Gasteiger partial charge in [-0.3, -0.25) is 9.69 Å². The first-order chi connectivity index (χ1) is 14.1. The Morgan fingerprint density at radius 2 is 1.83 bits per heavy atom. The molecule has 4 heteroatoms. The molecule has 4 nitrogen and oxygen atoms in total. The van der Waals surface area contributed by atoms with Crippen molar-refractivity contribution in [2.45, 2.75) is 51.3 Å². The molecule has 0 spiro atoms. The second-order valence-electron chi connectivity index (χ2n) is 9.49. The van der Waals surface area contributed by atoms with Crippen LogP contribution in [0.15, 0.2) is 42.5 Å². The minimum Gasteiger partial charge on any atom is -0.376 e. The summed E-state index contributed by atoms with van der Waals surface area (Å²) >= 11 is 0. The van der Waals surface area contributed by atoms with Crippen LogP contribution in [0.4, 0.5) is 0 Å². The zero-order chi connectivity index (χ0) is 19.8. The SMILES string of the molecule is CC(=O)N[C@@H]1C[C@@H]2CN(Cc3ccc4ccccc4c3)C[C@@H]2C[C@H]1OCC1CC1. The van der Waals surface area contributed by atoms with E-state index >= 15 is 0 Å². The Hall–Kier alpha value is -1.91. The summed E-state index contributed by atoms with van der Waals surface area (Å²) in [5.41, 5.74) is 1.39. The third-order valence-electron chi connectivity index (χ3n) is 7.04. The molecule has 0 aromatic heterocycles. The van der Waals surface area contributed by atoms with E-state index < -0.39 is 0 Å². The molecule has 5 rings (SSSR count). The van der Waals surface area contributed by atoms with Crippen LogP contribution in [0.5, 0.6) is 0 Å². The number of carbonyl (C=O) groups excluding carboxylic acids is 1. The van der Waals surface area contributed by atoms with Crippen LogP contribution in [0.1, 0.15) is 38.2 Å². The third-order valence-corrected chi connectivity index (χ3v) is 7.04. The van der Waals surface area contributed by atoms with Crippen molar-refractivity contribution in [2.24, 2.45) is 17.8 Å². The predicted molar refractivity (Wildman–Crippen MR) is 116 cm³/mol. The molecule has 1 saturated heterocycles. The second kappa shape index (κ2) is 8.08. The number of carbonyl (C=O) groups is 1. The predicted octanol–water partition coefficient (Wildman–Crippen LogP) is 3.98. The second-order valence-corrected chi connectivity index (χ2v) is 9.49. The fourth-order valence-corrected chi connectivity index (χ4v) is 5.38. The van der Waals surface area contributed by atoms with Crippen molar-refractivity contribution in [1.82, 2.24) is 10.2 Å². The van der Waals surface area contributed by atoms with Crippen LogP contribution >= 0.6 is 0 Å². The maximum Gasteiger partial charge on any atom is 0.217 e. The van der Waals surface area contributed by atoms with Crippen LogP contribution < -0.4 is 5.32 Å². The summed E-state index contributed by atoms with van der Waals surface area (Å²) in [6, 6.07) is 15.6. The minimum absolute atomic E-state index is 0.0690. The lowest BCUT2D eigenvalue weighted by Gasteiger charge is -2.38. The highest BCUT2D eigenvalue weighted by atomic mass is 16.5. The lowest BCUT2D eigenvalue weighted by molar-refractivity contribution is -0.122. The Morgan fingerprint density at radius 3 is 2.59 bits per heavy atom. The number of likely N-dealkylation sites (tertiary alicyclic amines) is 1. The normalized spacial score (nSPS) is 29.7. The molecular weight excluding hydrogens is 360 g/mol. The number of ether oxygens (including phenoxy) is 1. The quantitative estimate of drug-likeness (QED) is 0.808. The Morgan fingerprint density at radius 1 is 1.07 bits per heavy atom. The Balaban J connectivity index is 1.24. The maximum atomic E-state index is 11.7. The van der Waals surface area contributed by atoms with Gasteiger partial charge in [0.05, 0.1) is 12.1 Å². The molecule has 3 fully saturated rings. The number of nitrogens with one attached hydrogen (secondary N) is 1. The number of rotatable bonds is 6. The van der Waals surface area contributed by atoms with Crippen LogP contribution in [0.3, 0.4) is 0 Å². The summed E-state index contributed by atoms with van der Waals surface area (Å²) < 4.78 is 6.30. The molecule has 2 aromatic rings. The van der Waals surface area contributed by atoms with Crippen LogP contribution in [0.25, 0.3) is 10.8 Å². The summed E-state index contributed by atoms with van der Waals surface area (Å²) in [6.07, 6.45) is 4.93. The molecule has 154 valence electrons. The molecule has 0 bridgehead atoms. The summed E-state index contributed by atoms with van der Waals surface area (Å²) in [5, 5.41) is 5.82. The first-order valence-corrected chi connectivity index (χ1v) is 11.2. The van der Waals surface area contributed by atoms with Gasteiger partial charge in [-0.1, -0.05) is 36.4 Å². The Kier molecular flexibility index (Phi) is 5.31. The number of hydrogen-bond donors (Lipinski definition) is 1. The zero-order valence-electron chi connectivity index (χ0n) is 17.3. The number of benzene rings is 2. The smallest absolute Gasteiger partial charge is 0.217 e. The van der Waals surface area contributed by atoms with E-state index in [1.54, 1.807) is 6.92 Å². The molecule has 1 heterocycles. The minimum atomic E-state index is 0.0690. The van der Waals surface area contributed by atoms with E-state index in [0.29, 0.717) is 11.8 Å². The average Bonchev–Trinajstić information content (AvgIpc) is 3.45. The molecule has 29 heavy (non-hydrogen) atoms. The van der Waals surface area contributed by atoms with Crippen LogP contribution in [0, 0.1) is 17.8 Å². The first kappa shape index (κ1) is 19.1. The van der Waals surface area contributed by atoms with Gasteiger partial charge < -0.3 is 10.1 Å². The Labute approximate surface area is 173 Å². The van der Waals surface area contributed by atoms with E-state index in [2.05, 4.69) is 52.7 Å². The van der Waals surface area contributed by atoms with E-state index in [-0.39, 0.29) is 18.1 Å².